The van der Waals surface area contributed by atoms with Gasteiger partial charge in [-0.05, 0) is 23.8 Å². The molecule has 3 atom stereocenters. The lowest BCUT2D eigenvalue weighted by Gasteiger charge is -2.30. The Morgan fingerprint density at radius 2 is 1.79 bits per heavy atom. The first kappa shape index (κ1) is 20.4. The SMILES string of the molecule is CC(C)(C)CC(=O)N1CCCC1C(=O)N1C[C@H](C(=O)O)[C@H](c2ccccc2)C1. The molecular weight excluding hydrogens is 356 g/mol. The Bertz CT molecular complexity index is 741. The molecule has 2 fully saturated rings. The molecule has 1 N–H and O–H groups in total. The molecule has 28 heavy (non-hydrogen) atoms. The van der Waals surface area contributed by atoms with Gasteiger partial charge in [0.1, 0.15) is 6.04 Å². The van der Waals surface area contributed by atoms with Gasteiger partial charge >= 0.3 is 5.97 Å². The topological polar surface area (TPSA) is 77.9 Å². The number of carbonyl (C=O) groups excluding carboxylic acids is 2. The highest BCUT2D eigenvalue weighted by Crippen LogP contribution is 2.34. The molecule has 0 radical (unpaired) electrons. The highest BCUT2D eigenvalue weighted by Gasteiger charge is 2.44. The highest BCUT2D eigenvalue weighted by atomic mass is 16.4. The van der Waals surface area contributed by atoms with Gasteiger partial charge in [0.15, 0.2) is 0 Å². The third-order valence-corrected chi connectivity index (χ3v) is 5.72. The number of carboxylic acids is 1. The number of nitrogens with zero attached hydrogens (tertiary/aromatic N) is 2. The van der Waals surface area contributed by atoms with E-state index in [9.17, 15) is 19.5 Å². The van der Waals surface area contributed by atoms with Gasteiger partial charge in [-0.1, -0.05) is 51.1 Å². The quantitative estimate of drug-likeness (QED) is 0.863. The van der Waals surface area contributed by atoms with Crippen molar-refractivity contribution in [3.05, 3.63) is 35.9 Å². The minimum Gasteiger partial charge on any atom is -0.481 e. The van der Waals surface area contributed by atoms with Crippen LogP contribution in [0.5, 0.6) is 0 Å². The molecule has 152 valence electrons. The van der Waals surface area contributed by atoms with Crippen LogP contribution >= 0.6 is 0 Å². The van der Waals surface area contributed by atoms with Crippen LogP contribution in [-0.4, -0.2) is 58.4 Å². The van der Waals surface area contributed by atoms with Crippen LogP contribution in [0.4, 0.5) is 0 Å². The van der Waals surface area contributed by atoms with E-state index < -0.39 is 17.9 Å². The second-order valence-corrected chi connectivity index (χ2v) is 9.19. The van der Waals surface area contributed by atoms with Gasteiger partial charge in [-0.15, -0.1) is 0 Å². The van der Waals surface area contributed by atoms with Crippen LogP contribution in [0.3, 0.4) is 0 Å². The fraction of sp³-hybridized carbons (Fsp3) is 0.591. The summed E-state index contributed by atoms with van der Waals surface area (Å²) in [5, 5.41) is 9.68. The molecule has 0 bridgehead atoms. The van der Waals surface area contributed by atoms with Gasteiger partial charge in [0.2, 0.25) is 11.8 Å². The molecule has 0 spiro atoms. The van der Waals surface area contributed by atoms with Crippen LogP contribution < -0.4 is 0 Å². The number of carboxylic acid groups (broad SMARTS) is 1. The van der Waals surface area contributed by atoms with E-state index in [1.165, 1.54) is 0 Å². The smallest absolute Gasteiger partial charge is 0.308 e. The van der Waals surface area contributed by atoms with Crippen molar-refractivity contribution < 1.29 is 19.5 Å². The van der Waals surface area contributed by atoms with Crippen LogP contribution in [0.2, 0.25) is 0 Å². The summed E-state index contributed by atoms with van der Waals surface area (Å²) in [4.78, 5) is 41.1. The summed E-state index contributed by atoms with van der Waals surface area (Å²) in [6, 6.07) is 9.06. The number of benzene rings is 1. The summed E-state index contributed by atoms with van der Waals surface area (Å²) in [6.45, 7) is 7.23. The van der Waals surface area contributed by atoms with Crippen molar-refractivity contribution in [1.82, 2.24) is 9.80 Å². The Hall–Kier alpha value is -2.37. The maximum atomic E-state index is 13.2. The number of likely N-dealkylation sites (tertiary alicyclic amines) is 2. The standard InChI is InChI=1S/C22H30N2O4/c1-22(2,3)12-19(25)24-11-7-10-18(24)20(26)23-13-16(17(14-23)21(27)28)15-8-5-4-6-9-15/h4-6,8-9,16-18H,7,10-14H2,1-3H3,(H,27,28)/t16-,17-,18?/m0/s1. The summed E-state index contributed by atoms with van der Waals surface area (Å²) in [7, 11) is 0. The van der Waals surface area contributed by atoms with Gasteiger partial charge in [0.05, 0.1) is 5.92 Å². The lowest BCUT2D eigenvalue weighted by molar-refractivity contribution is -0.145. The minimum atomic E-state index is -0.878. The summed E-state index contributed by atoms with van der Waals surface area (Å²) in [5.74, 6) is -1.81. The second kappa shape index (κ2) is 7.94. The molecule has 2 aliphatic rings. The van der Waals surface area contributed by atoms with E-state index >= 15 is 0 Å². The normalized spacial score (nSPS) is 25.2. The number of hydrogen-bond donors (Lipinski definition) is 1. The molecule has 6 heteroatoms. The van der Waals surface area contributed by atoms with E-state index in [-0.39, 0.29) is 29.7 Å². The van der Waals surface area contributed by atoms with Crippen molar-refractivity contribution >= 4 is 17.8 Å². The van der Waals surface area contributed by atoms with E-state index in [1.807, 2.05) is 51.1 Å². The fourth-order valence-corrected chi connectivity index (χ4v) is 4.36. The van der Waals surface area contributed by atoms with Crippen molar-refractivity contribution in [1.29, 1.82) is 0 Å². The number of carbonyl (C=O) groups is 3. The summed E-state index contributed by atoms with van der Waals surface area (Å²) >= 11 is 0. The Labute approximate surface area is 166 Å². The van der Waals surface area contributed by atoms with Crippen LogP contribution in [0, 0.1) is 11.3 Å². The zero-order valence-corrected chi connectivity index (χ0v) is 16.9. The molecule has 3 rings (SSSR count). The largest absolute Gasteiger partial charge is 0.481 e. The first-order valence-electron chi connectivity index (χ1n) is 10.0. The van der Waals surface area contributed by atoms with Crippen LogP contribution in [0.1, 0.15) is 51.5 Å². The van der Waals surface area contributed by atoms with Gasteiger partial charge < -0.3 is 14.9 Å². The van der Waals surface area contributed by atoms with Crippen LogP contribution in [0.25, 0.3) is 0 Å². The second-order valence-electron chi connectivity index (χ2n) is 9.19. The maximum absolute atomic E-state index is 13.2. The van der Waals surface area contributed by atoms with Crippen molar-refractivity contribution in [2.75, 3.05) is 19.6 Å². The van der Waals surface area contributed by atoms with Crippen LogP contribution in [-0.2, 0) is 14.4 Å². The molecular formula is C22H30N2O4. The molecule has 1 aromatic carbocycles. The summed E-state index contributed by atoms with van der Waals surface area (Å²) < 4.78 is 0. The fourth-order valence-electron chi connectivity index (χ4n) is 4.36. The molecule has 1 aromatic rings. The van der Waals surface area contributed by atoms with Gasteiger partial charge in [-0.25, -0.2) is 0 Å². The molecule has 0 saturated carbocycles. The number of amides is 2. The highest BCUT2D eigenvalue weighted by molar-refractivity contribution is 5.89. The number of hydrogen-bond acceptors (Lipinski definition) is 3. The van der Waals surface area contributed by atoms with E-state index in [0.29, 0.717) is 25.9 Å². The Balaban J connectivity index is 1.75. The predicted molar refractivity (Wildman–Crippen MR) is 106 cm³/mol. The lowest BCUT2D eigenvalue weighted by Crippen LogP contribution is -2.48. The average molecular weight is 386 g/mol. The third kappa shape index (κ3) is 4.37. The maximum Gasteiger partial charge on any atom is 0.308 e. The lowest BCUT2D eigenvalue weighted by atomic mass is 9.89. The Morgan fingerprint density at radius 3 is 2.39 bits per heavy atom. The molecule has 0 aliphatic carbocycles. The first-order chi connectivity index (χ1) is 13.2. The monoisotopic (exact) mass is 386 g/mol. The van der Waals surface area contributed by atoms with Crippen molar-refractivity contribution in [2.45, 2.75) is 52.0 Å². The third-order valence-electron chi connectivity index (χ3n) is 5.72. The molecule has 2 heterocycles. The Kier molecular flexibility index (Phi) is 5.77. The van der Waals surface area contributed by atoms with E-state index in [0.717, 1.165) is 12.0 Å². The molecule has 2 aliphatic heterocycles. The summed E-state index contributed by atoms with van der Waals surface area (Å²) in [5.41, 5.74) is 0.811. The average Bonchev–Trinajstić information content (AvgIpc) is 3.28. The zero-order valence-electron chi connectivity index (χ0n) is 16.9. The van der Waals surface area contributed by atoms with Gasteiger partial charge in [0.25, 0.3) is 0 Å². The molecule has 0 aromatic heterocycles. The van der Waals surface area contributed by atoms with Crippen molar-refractivity contribution in [2.24, 2.45) is 11.3 Å². The van der Waals surface area contributed by atoms with E-state index in [4.69, 9.17) is 0 Å². The molecule has 1 unspecified atom stereocenters. The molecule has 6 nitrogen and oxygen atoms in total. The van der Waals surface area contributed by atoms with Crippen molar-refractivity contribution in [3.63, 3.8) is 0 Å². The van der Waals surface area contributed by atoms with Gasteiger partial charge in [-0.2, -0.15) is 0 Å². The van der Waals surface area contributed by atoms with E-state index in [1.54, 1.807) is 9.80 Å². The zero-order chi connectivity index (χ0) is 20.5. The van der Waals surface area contributed by atoms with Gasteiger partial charge in [0, 0.05) is 32.0 Å². The molecule has 2 amide bonds. The summed E-state index contributed by atoms with van der Waals surface area (Å²) in [6.07, 6.45) is 1.87. The number of rotatable bonds is 4. The Morgan fingerprint density at radius 1 is 1.11 bits per heavy atom. The minimum absolute atomic E-state index is 0.0111. The number of aliphatic carboxylic acids is 1. The first-order valence-corrected chi connectivity index (χ1v) is 10.0. The molecule has 2 saturated heterocycles. The van der Waals surface area contributed by atoms with E-state index in [2.05, 4.69) is 0 Å². The predicted octanol–water partition coefficient (Wildman–Crippen LogP) is 2.74. The van der Waals surface area contributed by atoms with Crippen LogP contribution in [0.15, 0.2) is 30.3 Å². The van der Waals surface area contributed by atoms with Crippen molar-refractivity contribution in [3.8, 4) is 0 Å². The van der Waals surface area contributed by atoms with Gasteiger partial charge in [-0.3, -0.25) is 14.4 Å².